The summed E-state index contributed by atoms with van der Waals surface area (Å²) in [5.74, 6) is -2.26. The maximum Gasteiger partial charge on any atom is 0.470 e. The number of rotatable bonds is 2. The molecule has 0 saturated heterocycles. The first-order valence-electron chi connectivity index (χ1n) is 5.23. The lowest BCUT2D eigenvalue weighted by Gasteiger charge is -2.23. The predicted molar refractivity (Wildman–Crippen MR) is 63.4 cm³/mol. The van der Waals surface area contributed by atoms with E-state index in [0.717, 1.165) is 11.0 Å². The Morgan fingerprint density at radius 3 is 1.79 bits per heavy atom. The van der Waals surface area contributed by atoms with Crippen LogP contribution in [0.4, 0.5) is 13.2 Å². The van der Waals surface area contributed by atoms with Crippen molar-refractivity contribution in [1.29, 1.82) is 0 Å². The first-order valence-corrected chi connectivity index (χ1v) is 5.23. The van der Waals surface area contributed by atoms with Crippen LogP contribution in [0.3, 0.4) is 0 Å². The first kappa shape index (κ1) is 20.1. The number of carbonyl (C=O) groups excluding carboxylic acids is 1. The Morgan fingerprint density at radius 2 is 1.53 bits per heavy atom. The zero-order valence-electron chi connectivity index (χ0n) is 11.0. The number of nitrogens with two attached hydrogens (primary N) is 1. The largest absolute Gasteiger partial charge is 1.00 e. The van der Waals surface area contributed by atoms with E-state index in [4.69, 9.17) is 4.79 Å². The van der Waals surface area contributed by atoms with E-state index in [1.165, 1.54) is 5.56 Å². The van der Waals surface area contributed by atoms with Crippen molar-refractivity contribution in [3.05, 3.63) is 35.9 Å². The van der Waals surface area contributed by atoms with Gasteiger partial charge in [-0.05, 0) is 0 Å². The number of hydrogen-bond donors (Lipinski definition) is 1. The standard InChI is InChI=1S/C10H16N.C2H2F3NO.ClH/c1-11(2,3)9-10-7-5-4-6-8-10;3-2(4,5)1(6)7;/h4-8H,9H2,1-3H3;(H2,6,7);1H/q+1;;/p-1. The van der Waals surface area contributed by atoms with Crippen molar-refractivity contribution in [2.45, 2.75) is 12.7 Å². The van der Waals surface area contributed by atoms with E-state index < -0.39 is 12.1 Å². The first-order chi connectivity index (χ1) is 8.02. The summed E-state index contributed by atoms with van der Waals surface area (Å²) in [6, 6.07) is 10.6. The van der Waals surface area contributed by atoms with E-state index in [1.54, 1.807) is 0 Å². The van der Waals surface area contributed by atoms with Crippen LogP contribution in [0.2, 0.25) is 0 Å². The fraction of sp³-hybridized carbons (Fsp3) is 0.417. The fourth-order valence-corrected chi connectivity index (χ4v) is 1.13. The Hall–Kier alpha value is -1.27. The molecule has 0 aliphatic carbocycles. The molecule has 0 aromatic heterocycles. The van der Waals surface area contributed by atoms with Gasteiger partial charge < -0.3 is 22.6 Å². The highest BCUT2D eigenvalue weighted by Gasteiger charge is 2.35. The highest BCUT2D eigenvalue weighted by molar-refractivity contribution is 5.79. The lowest BCUT2D eigenvalue weighted by Crippen LogP contribution is -3.00. The van der Waals surface area contributed by atoms with Gasteiger partial charge in [-0.3, -0.25) is 4.79 Å². The number of carbonyl (C=O) groups is 1. The molecule has 0 unspecified atom stereocenters. The normalized spacial score (nSPS) is 10.8. The van der Waals surface area contributed by atoms with Crippen molar-refractivity contribution in [2.75, 3.05) is 21.1 Å². The van der Waals surface area contributed by atoms with E-state index >= 15 is 0 Å². The zero-order valence-corrected chi connectivity index (χ0v) is 11.8. The van der Waals surface area contributed by atoms with Crippen molar-refractivity contribution < 1.29 is 34.9 Å². The molecule has 0 radical (unpaired) electrons. The van der Waals surface area contributed by atoms with E-state index in [2.05, 4.69) is 57.2 Å². The van der Waals surface area contributed by atoms with Gasteiger partial charge >= 0.3 is 12.1 Å². The molecule has 110 valence electrons. The average molecular weight is 299 g/mol. The Morgan fingerprint density at radius 1 is 1.16 bits per heavy atom. The molecule has 2 N–H and O–H groups in total. The number of hydrogen-bond acceptors (Lipinski definition) is 1. The molecular formula is C12H18ClF3N2O. The number of nitrogens with zero attached hydrogens (tertiary/aromatic N) is 1. The second-order valence-electron chi connectivity index (χ2n) is 4.80. The summed E-state index contributed by atoms with van der Waals surface area (Å²) < 4.78 is 33.1. The van der Waals surface area contributed by atoms with Crippen LogP contribution in [0, 0.1) is 0 Å². The molecule has 0 atom stereocenters. The van der Waals surface area contributed by atoms with Gasteiger partial charge in [-0.25, -0.2) is 0 Å². The van der Waals surface area contributed by atoms with Crippen LogP contribution < -0.4 is 18.1 Å². The molecule has 0 saturated carbocycles. The second-order valence-corrected chi connectivity index (χ2v) is 4.80. The maximum atomic E-state index is 10.7. The topological polar surface area (TPSA) is 43.1 Å². The summed E-state index contributed by atoms with van der Waals surface area (Å²) in [5, 5.41) is 0. The Kier molecular flexibility index (Phi) is 8.46. The summed E-state index contributed by atoms with van der Waals surface area (Å²) in [6.45, 7) is 1.10. The van der Waals surface area contributed by atoms with Gasteiger partial charge in [-0.2, -0.15) is 13.2 Å². The van der Waals surface area contributed by atoms with Crippen molar-refractivity contribution in [3.63, 3.8) is 0 Å². The highest BCUT2D eigenvalue weighted by Crippen LogP contribution is 2.11. The number of primary amides is 1. The molecule has 0 aliphatic rings. The van der Waals surface area contributed by atoms with Gasteiger partial charge in [0, 0.05) is 5.56 Å². The zero-order chi connectivity index (χ0) is 14.4. The van der Waals surface area contributed by atoms with Gasteiger partial charge in [-0.1, -0.05) is 30.3 Å². The third kappa shape index (κ3) is 11.5. The minimum Gasteiger partial charge on any atom is -1.00 e. The molecule has 1 rings (SSSR count). The molecule has 3 nitrogen and oxygen atoms in total. The molecule has 19 heavy (non-hydrogen) atoms. The molecule has 0 spiro atoms. The SMILES string of the molecule is C[N+](C)(C)Cc1ccccc1.NC(=O)C(F)(F)F.[Cl-]. The number of halogens is 4. The van der Waals surface area contributed by atoms with Gasteiger partial charge in [0.1, 0.15) is 6.54 Å². The van der Waals surface area contributed by atoms with Crippen LogP contribution in [0.5, 0.6) is 0 Å². The van der Waals surface area contributed by atoms with Crippen LogP contribution in [-0.2, 0) is 11.3 Å². The number of benzene rings is 1. The molecule has 0 bridgehead atoms. The molecule has 1 amide bonds. The monoisotopic (exact) mass is 298 g/mol. The van der Waals surface area contributed by atoms with Crippen molar-refractivity contribution in [3.8, 4) is 0 Å². The summed E-state index contributed by atoms with van der Waals surface area (Å²) in [6.07, 6.45) is -4.86. The van der Waals surface area contributed by atoms with E-state index in [0.29, 0.717) is 0 Å². The summed E-state index contributed by atoms with van der Waals surface area (Å²) in [7, 11) is 6.60. The van der Waals surface area contributed by atoms with E-state index in [-0.39, 0.29) is 12.4 Å². The van der Waals surface area contributed by atoms with E-state index in [1.807, 2.05) is 0 Å². The van der Waals surface area contributed by atoms with Gasteiger partial charge in [0.05, 0.1) is 21.1 Å². The Bertz CT molecular complexity index is 375. The number of quaternary nitrogens is 1. The Balaban J connectivity index is 0. The molecule has 1 aromatic carbocycles. The molecule has 1 aromatic rings. The van der Waals surface area contributed by atoms with Crippen LogP contribution in [0.15, 0.2) is 30.3 Å². The Labute approximate surface area is 117 Å². The van der Waals surface area contributed by atoms with Crippen molar-refractivity contribution in [1.82, 2.24) is 0 Å². The van der Waals surface area contributed by atoms with Gasteiger partial charge in [0.2, 0.25) is 0 Å². The average Bonchev–Trinajstić information content (AvgIpc) is 2.15. The molecule has 0 heterocycles. The van der Waals surface area contributed by atoms with Crippen LogP contribution >= 0.6 is 0 Å². The third-order valence-electron chi connectivity index (χ3n) is 1.78. The van der Waals surface area contributed by atoms with Crippen LogP contribution in [0.25, 0.3) is 0 Å². The van der Waals surface area contributed by atoms with Crippen LogP contribution in [-0.4, -0.2) is 37.7 Å². The highest BCUT2D eigenvalue weighted by atomic mass is 35.5. The summed E-state index contributed by atoms with van der Waals surface area (Å²) in [5.41, 5.74) is 5.21. The van der Waals surface area contributed by atoms with Crippen LogP contribution in [0.1, 0.15) is 5.56 Å². The van der Waals surface area contributed by atoms with Crippen molar-refractivity contribution in [2.24, 2.45) is 5.73 Å². The minimum atomic E-state index is -4.86. The van der Waals surface area contributed by atoms with Gasteiger partial charge in [-0.15, -0.1) is 0 Å². The predicted octanol–water partition coefficient (Wildman–Crippen LogP) is -1.07. The minimum absolute atomic E-state index is 0. The molecular weight excluding hydrogens is 281 g/mol. The lowest BCUT2D eigenvalue weighted by molar-refractivity contribution is -0.884. The third-order valence-corrected chi connectivity index (χ3v) is 1.78. The summed E-state index contributed by atoms with van der Waals surface area (Å²) >= 11 is 0. The molecule has 0 fully saturated rings. The van der Waals surface area contributed by atoms with Gasteiger partial charge in [0.25, 0.3) is 0 Å². The number of amides is 1. The fourth-order valence-electron chi connectivity index (χ4n) is 1.13. The lowest BCUT2D eigenvalue weighted by atomic mass is 10.2. The summed E-state index contributed by atoms with van der Waals surface area (Å²) in [4.78, 5) is 9.12. The smallest absolute Gasteiger partial charge is 0.470 e. The van der Waals surface area contributed by atoms with Gasteiger partial charge in [0.15, 0.2) is 0 Å². The van der Waals surface area contributed by atoms with E-state index in [9.17, 15) is 13.2 Å². The number of alkyl halides is 3. The maximum absolute atomic E-state index is 10.7. The molecule has 0 aliphatic heterocycles. The second kappa shape index (κ2) is 8.01. The van der Waals surface area contributed by atoms with Crippen molar-refractivity contribution >= 4 is 5.91 Å². The quantitative estimate of drug-likeness (QED) is 0.695. The molecule has 7 heteroatoms.